The average molecular weight is 277 g/mol. The second-order valence-electron chi connectivity index (χ2n) is 5.15. The highest BCUT2D eigenvalue weighted by molar-refractivity contribution is 5.86. The molecule has 1 aromatic rings. The number of benzene rings is 1. The largest absolute Gasteiger partial charge is 0.480 e. The topological polar surface area (TPSA) is 66.8 Å². The number of nitrogens with zero attached hydrogens (tertiary/aromatic N) is 1. The van der Waals surface area contributed by atoms with Crippen LogP contribution in [0.1, 0.15) is 31.1 Å². The quantitative estimate of drug-likeness (QED) is 0.908. The molecular weight excluding hydrogens is 258 g/mol. The maximum atomic E-state index is 12.6. The Labute approximate surface area is 118 Å². The smallest absolute Gasteiger partial charge is 0.323 e. The third-order valence-corrected chi connectivity index (χ3v) is 3.43. The van der Waals surface area contributed by atoms with Crippen LogP contribution in [-0.2, 0) is 20.7 Å². The summed E-state index contributed by atoms with van der Waals surface area (Å²) in [4.78, 5) is 24.8. The molecule has 20 heavy (non-hydrogen) atoms. The van der Waals surface area contributed by atoms with Gasteiger partial charge in [0.2, 0.25) is 0 Å². The molecule has 1 aliphatic rings. The molecule has 5 heteroatoms. The molecule has 0 saturated heterocycles. The second kappa shape index (κ2) is 6.05. The molecule has 1 N–H and O–H groups in total. The normalized spacial score (nSPS) is 17.6. The Hall–Kier alpha value is -1.88. The van der Waals surface area contributed by atoms with Gasteiger partial charge in [-0.2, -0.15) is 0 Å². The van der Waals surface area contributed by atoms with Crippen molar-refractivity contribution < 1.29 is 19.4 Å². The van der Waals surface area contributed by atoms with Crippen molar-refractivity contribution in [2.24, 2.45) is 0 Å². The number of carbonyl (C=O) groups excluding carboxylic acids is 1. The average Bonchev–Trinajstić information content (AvgIpc) is 2.43. The molecule has 1 amide bonds. The number of carbonyl (C=O) groups is 2. The molecule has 1 aliphatic heterocycles. The van der Waals surface area contributed by atoms with Crippen LogP contribution >= 0.6 is 0 Å². The Morgan fingerprint density at radius 3 is 2.75 bits per heavy atom. The molecular formula is C15H19NO4. The van der Waals surface area contributed by atoms with Crippen molar-refractivity contribution in [2.75, 3.05) is 13.2 Å². The van der Waals surface area contributed by atoms with E-state index in [1.807, 2.05) is 24.3 Å². The third kappa shape index (κ3) is 2.99. The van der Waals surface area contributed by atoms with Gasteiger partial charge in [0.15, 0.2) is 6.10 Å². The maximum absolute atomic E-state index is 12.6. The minimum absolute atomic E-state index is 0.184. The number of fused-ring (bicyclic) bond motifs is 1. The van der Waals surface area contributed by atoms with Gasteiger partial charge in [-0.3, -0.25) is 9.59 Å². The molecule has 1 heterocycles. The van der Waals surface area contributed by atoms with Crippen LogP contribution in [-0.4, -0.2) is 41.1 Å². The van der Waals surface area contributed by atoms with Crippen molar-refractivity contribution in [2.45, 2.75) is 32.4 Å². The van der Waals surface area contributed by atoms with Crippen LogP contribution in [0.2, 0.25) is 0 Å². The van der Waals surface area contributed by atoms with Gasteiger partial charge in [0.1, 0.15) is 6.54 Å². The summed E-state index contributed by atoms with van der Waals surface area (Å²) in [6.07, 6.45) is 0.0855. The van der Waals surface area contributed by atoms with Gasteiger partial charge in [0.05, 0.1) is 6.61 Å². The highest BCUT2D eigenvalue weighted by atomic mass is 16.5. The molecule has 0 radical (unpaired) electrons. The SMILES string of the molecule is CC(C)N(CC(=O)O)C(=O)C1OCCc2ccccc21. The first-order valence-electron chi connectivity index (χ1n) is 6.72. The second-order valence-corrected chi connectivity index (χ2v) is 5.15. The van der Waals surface area contributed by atoms with Gasteiger partial charge >= 0.3 is 5.97 Å². The minimum Gasteiger partial charge on any atom is -0.480 e. The number of amides is 1. The summed E-state index contributed by atoms with van der Waals surface area (Å²) in [5.41, 5.74) is 1.94. The Morgan fingerprint density at radius 1 is 1.40 bits per heavy atom. The first-order chi connectivity index (χ1) is 9.50. The monoisotopic (exact) mass is 277 g/mol. The number of carboxylic acids is 1. The van der Waals surface area contributed by atoms with Crippen LogP contribution in [0.3, 0.4) is 0 Å². The van der Waals surface area contributed by atoms with Crippen LogP contribution in [0, 0.1) is 0 Å². The maximum Gasteiger partial charge on any atom is 0.323 e. The van der Waals surface area contributed by atoms with Crippen molar-refractivity contribution in [1.29, 1.82) is 0 Å². The predicted octanol–water partition coefficient (Wildman–Crippen LogP) is 1.62. The van der Waals surface area contributed by atoms with E-state index >= 15 is 0 Å². The van der Waals surface area contributed by atoms with Gasteiger partial charge in [0.25, 0.3) is 5.91 Å². The van der Waals surface area contributed by atoms with Gasteiger partial charge in [-0.15, -0.1) is 0 Å². The molecule has 2 rings (SSSR count). The Balaban J connectivity index is 2.26. The van der Waals surface area contributed by atoms with Crippen molar-refractivity contribution in [1.82, 2.24) is 4.90 Å². The van der Waals surface area contributed by atoms with Crippen LogP contribution in [0.5, 0.6) is 0 Å². The lowest BCUT2D eigenvalue weighted by Crippen LogP contribution is -2.44. The zero-order valence-electron chi connectivity index (χ0n) is 11.7. The highest BCUT2D eigenvalue weighted by Gasteiger charge is 2.32. The fourth-order valence-electron chi connectivity index (χ4n) is 2.41. The molecule has 0 aromatic heterocycles. The Kier molecular flexibility index (Phi) is 4.39. The summed E-state index contributed by atoms with van der Waals surface area (Å²) >= 11 is 0. The minimum atomic E-state index is -1.02. The summed E-state index contributed by atoms with van der Waals surface area (Å²) in [7, 11) is 0. The van der Waals surface area contributed by atoms with E-state index in [0.717, 1.165) is 17.5 Å². The van der Waals surface area contributed by atoms with Crippen molar-refractivity contribution in [3.8, 4) is 0 Å². The Bertz CT molecular complexity index is 512. The third-order valence-electron chi connectivity index (χ3n) is 3.43. The van der Waals surface area contributed by atoms with E-state index in [1.165, 1.54) is 4.90 Å². The number of hydrogen-bond acceptors (Lipinski definition) is 3. The summed E-state index contributed by atoms with van der Waals surface area (Å²) in [5, 5.41) is 8.94. The predicted molar refractivity (Wildman–Crippen MR) is 73.3 cm³/mol. The molecule has 1 atom stereocenters. The standard InChI is InChI=1S/C15H19NO4/c1-10(2)16(9-13(17)18)15(19)14-12-6-4-3-5-11(12)7-8-20-14/h3-6,10,14H,7-9H2,1-2H3,(H,17,18). The van der Waals surface area contributed by atoms with Gasteiger partial charge in [0, 0.05) is 6.04 Å². The first-order valence-corrected chi connectivity index (χ1v) is 6.72. The highest BCUT2D eigenvalue weighted by Crippen LogP contribution is 2.29. The number of rotatable bonds is 4. The lowest BCUT2D eigenvalue weighted by molar-refractivity contribution is -0.153. The van der Waals surface area contributed by atoms with Crippen LogP contribution in [0.15, 0.2) is 24.3 Å². The van der Waals surface area contributed by atoms with Gasteiger partial charge in [-0.05, 0) is 31.4 Å². The van der Waals surface area contributed by atoms with E-state index in [1.54, 1.807) is 13.8 Å². The molecule has 0 bridgehead atoms. The summed E-state index contributed by atoms with van der Waals surface area (Å²) in [6.45, 7) is 3.77. The molecule has 1 unspecified atom stereocenters. The van der Waals surface area contributed by atoms with Crippen molar-refractivity contribution >= 4 is 11.9 Å². The molecule has 1 aromatic carbocycles. The summed E-state index contributed by atoms with van der Waals surface area (Å²) in [5.74, 6) is -1.30. The molecule has 5 nitrogen and oxygen atoms in total. The van der Waals surface area contributed by atoms with E-state index in [2.05, 4.69) is 0 Å². The van der Waals surface area contributed by atoms with E-state index in [0.29, 0.717) is 6.61 Å². The van der Waals surface area contributed by atoms with Crippen molar-refractivity contribution in [3.05, 3.63) is 35.4 Å². The fourth-order valence-corrected chi connectivity index (χ4v) is 2.41. The van der Waals surface area contributed by atoms with Crippen LogP contribution in [0.25, 0.3) is 0 Å². The van der Waals surface area contributed by atoms with E-state index in [9.17, 15) is 9.59 Å². The molecule has 0 spiro atoms. The summed E-state index contributed by atoms with van der Waals surface area (Å²) < 4.78 is 5.59. The number of ether oxygens (including phenoxy) is 1. The van der Waals surface area contributed by atoms with E-state index in [-0.39, 0.29) is 18.5 Å². The fraction of sp³-hybridized carbons (Fsp3) is 0.467. The number of aliphatic carboxylic acids is 1. The van der Waals surface area contributed by atoms with Gasteiger partial charge < -0.3 is 14.7 Å². The lowest BCUT2D eigenvalue weighted by atomic mass is 9.96. The van der Waals surface area contributed by atoms with Gasteiger partial charge in [-0.25, -0.2) is 0 Å². The van der Waals surface area contributed by atoms with Crippen LogP contribution < -0.4 is 0 Å². The van der Waals surface area contributed by atoms with Crippen LogP contribution in [0.4, 0.5) is 0 Å². The zero-order valence-corrected chi connectivity index (χ0v) is 11.7. The molecule has 0 aliphatic carbocycles. The first kappa shape index (κ1) is 14.5. The van der Waals surface area contributed by atoms with E-state index in [4.69, 9.17) is 9.84 Å². The van der Waals surface area contributed by atoms with E-state index < -0.39 is 12.1 Å². The number of hydrogen-bond donors (Lipinski definition) is 1. The Morgan fingerprint density at radius 2 is 2.10 bits per heavy atom. The van der Waals surface area contributed by atoms with Crippen molar-refractivity contribution in [3.63, 3.8) is 0 Å². The molecule has 0 saturated carbocycles. The summed E-state index contributed by atoms with van der Waals surface area (Å²) in [6, 6.07) is 7.47. The molecule has 108 valence electrons. The zero-order chi connectivity index (χ0) is 14.7. The molecule has 0 fully saturated rings. The lowest BCUT2D eigenvalue weighted by Gasteiger charge is -2.32. The number of carboxylic acid groups (broad SMARTS) is 1. The van der Waals surface area contributed by atoms with Gasteiger partial charge in [-0.1, -0.05) is 24.3 Å².